The highest BCUT2D eigenvalue weighted by Crippen LogP contribution is 2.27. The van der Waals surface area contributed by atoms with E-state index in [1.165, 1.54) is 6.07 Å². The lowest BCUT2D eigenvalue weighted by Crippen LogP contribution is -2.04. The first-order chi connectivity index (χ1) is 7.27. The van der Waals surface area contributed by atoms with Gasteiger partial charge in [-0.05, 0) is 51.6 Å². The molecule has 0 atom stereocenters. The fourth-order valence-electron chi connectivity index (χ4n) is 1.35. The van der Waals surface area contributed by atoms with Gasteiger partial charge in [-0.3, -0.25) is 4.79 Å². The minimum absolute atomic E-state index is 0.0775. The van der Waals surface area contributed by atoms with Gasteiger partial charge in [-0.25, -0.2) is 8.42 Å². The fraction of sp³-hybridized carbons (Fsp3) is 0.300. The van der Waals surface area contributed by atoms with Crippen molar-refractivity contribution >= 4 is 42.6 Å². The van der Waals surface area contributed by atoms with Crippen molar-refractivity contribution < 1.29 is 13.2 Å². The lowest BCUT2D eigenvalue weighted by Gasteiger charge is -2.08. The third kappa shape index (κ3) is 2.84. The topological polar surface area (TPSA) is 51.2 Å². The number of rotatable bonds is 3. The highest BCUT2D eigenvalue weighted by molar-refractivity contribution is 9.10. The summed E-state index contributed by atoms with van der Waals surface area (Å²) in [5.41, 5.74) is 0.965. The maximum absolute atomic E-state index is 11.4. The molecule has 0 heterocycles. The third-order valence-electron chi connectivity index (χ3n) is 2.15. The van der Waals surface area contributed by atoms with Crippen LogP contribution in [0.5, 0.6) is 0 Å². The van der Waals surface area contributed by atoms with E-state index in [1.54, 1.807) is 6.07 Å². The Morgan fingerprint density at radius 3 is 2.38 bits per heavy atom. The molecule has 0 N–H and O–H groups in total. The number of carbonyl (C=O) groups excluding carboxylic acids is 1. The smallest absolute Gasteiger partial charge is 0.252 e. The zero-order valence-corrected chi connectivity index (χ0v) is 11.9. The molecule has 0 bridgehead atoms. The number of hydrogen-bond acceptors (Lipinski definition) is 3. The molecule has 0 radical (unpaired) electrons. The number of benzene rings is 1. The Labute approximate surface area is 108 Å². The van der Waals surface area contributed by atoms with Gasteiger partial charge in [-0.2, -0.15) is 0 Å². The van der Waals surface area contributed by atoms with Crippen LogP contribution in [0.15, 0.2) is 21.5 Å². The number of aryl methyl sites for hydroxylation is 1. The fourth-order valence-corrected chi connectivity index (χ4v) is 3.55. The summed E-state index contributed by atoms with van der Waals surface area (Å²) >= 11 is 8.59. The Kier molecular flexibility index (Phi) is 4.15. The van der Waals surface area contributed by atoms with Crippen LogP contribution < -0.4 is 0 Å². The van der Waals surface area contributed by atoms with Gasteiger partial charge in [0.2, 0.25) is 0 Å². The summed E-state index contributed by atoms with van der Waals surface area (Å²) in [6.45, 7) is 1.87. The molecule has 0 fully saturated rings. The van der Waals surface area contributed by atoms with Crippen LogP contribution in [-0.4, -0.2) is 19.9 Å². The minimum atomic E-state index is -3.37. The Morgan fingerprint density at radius 1 is 1.44 bits per heavy atom. The van der Waals surface area contributed by atoms with Crippen molar-refractivity contribution in [3.63, 3.8) is 0 Å². The third-order valence-corrected chi connectivity index (χ3v) is 4.41. The average Bonchev–Trinajstić information content (AvgIpc) is 2.14. The summed E-state index contributed by atoms with van der Waals surface area (Å²) in [5.74, 6) is 0. The summed E-state index contributed by atoms with van der Waals surface area (Å²) in [7, 11) is -3.37. The predicted octanol–water partition coefficient (Wildman–Crippen LogP) is 2.79. The van der Waals surface area contributed by atoms with Gasteiger partial charge in [0.25, 0.3) is 5.24 Å². The van der Waals surface area contributed by atoms with Gasteiger partial charge >= 0.3 is 0 Å². The Morgan fingerprint density at radius 2 is 2.00 bits per heavy atom. The SMILES string of the molecule is CCc1cc(Br)c(S(C)(=O)=O)cc1C(=O)Cl. The van der Waals surface area contributed by atoms with E-state index in [0.29, 0.717) is 10.9 Å². The number of sulfone groups is 1. The van der Waals surface area contributed by atoms with Gasteiger partial charge in [0.05, 0.1) is 4.90 Å². The van der Waals surface area contributed by atoms with Crippen molar-refractivity contribution in [2.75, 3.05) is 6.26 Å². The second-order valence-electron chi connectivity index (χ2n) is 3.34. The molecule has 0 saturated carbocycles. The Bertz CT molecular complexity index is 537. The van der Waals surface area contributed by atoms with Crippen LogP contribution in [0.2, 0.25) is 0 Å². The molecule has 0 aliphatic heterocycles. The van der Waals surface area contributed by atoms with Crippen molar-refractivity contribution in [3.05, 3.63) is 27.7 Å². The molecule has 0 unspecified atom stereocenters. The first-order valence-corrected chi connectivity index (χ1v) is 7.56. The normalized spacial score (nSPS) is 11.5. The molecular formula is C10H10BrClO3S. The molecular weight excluding hydrogens is 316 g/mol. The molecule has 0 aliphatic carbocycles. The molecule has 1 aromatic carbocycles. The molecule has 3 nitrogen and oxygen atoms in total. The van der Waals surface area contributed by atoms with E-state index in [-0.39, 0.29) is 10.5 Å². The number of hydrogen-bond donors (Lipinski definition) is 0. The van der Waals surface area contributed by atoms with Gasteiger partial charge in [0.15, 0.2) is 9.84 Å². The van der Waals surface area contributed by atoms with Crippen LogP contribution >= 0.6 is 27.5 Å². The standard InChI is InChI=1S/C10H10BrClO3S/c1-3-6-4-8(11)9(16(2,14)15)5-7(6)10(12)13/h4-5H,3H2,1-2H3. The van der Waals surface area contributed by atoms with E-state index < -0.39 is 15.1 Å². The van der Waals surface area contributed by atoms with Crippen LogP contribution in [0, 0.1) is 0 Å². The van der Waals surface area contributed by atoms with E-state index in [9.17, 15) is 13.2 Å². The largest absolute Gasteiger partial charge is 0.276 e. The first kappa shape index (κ1) is 13.7. The Balaban J connectivity index is 3.58. The maximum Gasteiger partial charge on any atom is 0.252 e. The number of halogens is 2. The van der Waals surface area contributed by atoms with Crippen LogP contribution in [0.3, 0.4) is 0 Å². The van der Waals surface area contributed by atoms with Crippen LogP contribution in [0.25, 0.3) is 0 Å². The van der Waals surface area contributed by atoms with Crippen molar-refractivity contribution in [2.24, 2.45) is 0 Å². The molecule has 0 aromatic heterocycles. The molecule has 0 spiro atoms. The van der Waals surface area contributed by atoms with Crippen molar-refractivity contribution in [2.45, 2.75) is 18.2 Å². The van der Waals surface area contributed by atoms with Crippen LogP contribution in [-0.2, 0) is 16.3 Å². The first-order valence-electron chi connectivity index (χ1n) is 4.49. The zero-order valence-electron chi connectivity index (χ0n) is 8.75. The van der Waals surface area contributed by atoms with E-state index in [0.717, 1.165) is 11.8 Å². The van der Waals surface area contributed by atoms with E-state index >= 15 is 0 Å². The van der Waals surface area contributed by atoms with E-state index in [2.05, 4.69) is 15.9 Å². The molecule has 1 rings (SSSR count). The van der Waals surface area contributed by atoms with E-state index in [4.69, 9.17) is 11.6 Å². The summed E-state index contributed by atoms with van der Waals surface area (Å²) in [5, 5.41) is -0.644. The van der Waals surface area contributed by atoms with E-state index in [1.807, 2.05) is 6.92 Å². The van der Waals surface area contributed by atoms with Crippen molar-refractivity contribution in [1.82, 2.24) is 0 Å². The monoisotopic (exact) mass is 324 g/mol. The van der Waals surface area contributed by atoms with Gasteiger partial charge in [-0.15, -0.1) is 0 Å². The minimum Gasteiger partial charge on any atom is -0.276 e. The summed E-state index contributed by atoms with van der Waals surface area (Å²) in [4.78, 5) is 11.2. The summed E-state index contributed by atoms with van der Waals surface area (Å²) in [6, 6.07) is 2.93. The molecule has 6 heteroatoms. The van der Waals surface area contributed by atoms with Gasteiger partial charge in [0.1, 0.15) is 0 Å². The van der Waals surface area contributed by atoms with Gasteiger partial charge in [0, 0.05) is 16.3 Å². The molecule has 16 heavy (non-hydrogen) atoms. The molecule has 1 aromatic rings. The van der Waals surface area contributed by atoms with Gasteiger partial charge in [-0.1, -0.05) is 6.92 Å². The lowest BCUT2D eigenvalue weighted by molar-refractivity contribution is 0.108. The molecule has 88 valence electrons. The molecule has 0 saturated heterocycles. The predicted molar refractivity (Wildman–Crippen MR) is 66.8 cm³/mol. The Hall–Kier alpha value is -0.390. The second kappa shape index (κ2) is 4.85. The average molecular weight is 326 g/mol. The van der Waals surface area contributed by atoms with Crippen LogP contribution in [0.1, 0.15) is 22.8 Å². The lowest BCUT2D eigenvalue weighted by atomic mass is 10.1. The van der Waals surface area contributed by atoms with Gasteiger partial charge < -0.3 is 0 Å². The van der Waals surface area contributed by atoms with Crippen LogP contribution in [0.4, 0.5) is 0 Å². The maximum atomic E-state index is 11.4. The summed E-state index contributed by atoms with van der Waals surface area (Å²) in [6.07, 6.45) is 1.69. The summed E-state index contributed by atoms with van der Waals surface area (Å²) < 4.78 is 23.3. The molecule has 0 aliphatic rings. The molecule has 0 amide bonds. The highest BCUT2D eigenvalue weighted by Gasteiger charge is 2.17. The van der Waals surface area contributed by atoms with Crippen molar-refractivity contribution in [1.29, 1.82) is 0 Å². The quantitative estimate of drug-likeness (QED) is 0.803. The number of carbonyl (C=O) groups is 1. The van der Waals surface area contributed by atoms with Crippen molar-refractivity contribution in [3.8, 4) is 0 Å². The zero-order chi connectivity index (χ0) is 12.5. The highest BCUT2D eigenvalue weighted by atomic mass is 79.9. The second-order valence-corrected chi connectivity index (χ2v) is 6.52.